The fourth-order valence-corrected chi connectivity index (χ4v) is 2.17. The van der Waals surface area contributed by atoms with Crippen LogP contribution in [0.3, 0.4) is 0 Å². The molecule has 0 spiro atoms. The largest absolute Gasteiger partial charge is 0.241 e. The monoisotopic (exact) mass is 250 g/mol. The predicted octanol–water partition coefficient (Wildman–Crippen LogP) is 1.84. The first-order valence-corrected chi connectivity index (χ1v) is 7.25. The molecule has 0 N–H and O–H groups in total. The molecule has 4 nitrogen and oxygen atoms in total. The molecule has 1 heterocycles. The topological polar surface area (TPSA) is 52.0 Å². The average Bonchev–Trinajstić information content (AvgIpc) is 2.76. The van der Waals surface area contributed by atoms with E-state index in [1.807, 2.05) is 19.2 Å². The molecule has 2 aromatic rings. The lowest BCUT2D eigenvalue weighted by atomic mass is 10.3. The van der Waals surface area contributed by atoms with Gasteiger partial charge in [-0.1, -0.05) is 6.92 Å². The Morgan fingerprint density at radius 2 is 1.82 bits per heavy atom. The zero-order valence-electron chi connectivity index (χ0n) is 9.79. The lowest BCUT2D eigenvalue weighted by Gasteiger charge is -2.02. The molecular weight excluding hydrogens is 236 g/mol. The van der Waals surface area contributed by atoms with Crippen LogP contribution in [0.4, 0.5) is 0 Å². The zero-order chi connectivity index (χ0) is 12.5. The fourth-order valence-electron chi connectivity index (χ4n) is 1.54. The Morgan fingerprint density at radius 3 is 2.29 bits per heavy atom. The molecule has 0 bridgehead atoms. The Bertz CT molecular complexity index is 612. The van der Waals surface area contributed by atoms with Gasteiger partial charge in [0.15, 0.2) is 9.84 Å². The highest BCUT2D eigenvalue weighted by Crippen LogP contribution is 2.13. The standard InChI is InChI=1S/C12H14N2O2S/c1-3-10-8-9-14(13-10)11-4-6-12(7-5-11)17(2,15)16/h4-9H,3H2,1-2H3. The summed E-state index contributed by atoms with van der Waals surface area (Å²) in [6.45, 7) is 2.04. The number of sulfone groups is 1. The molecule has 1 aromatic carbocycles. The number of aryl methyl sites for hydroxylation is 1. The van der Waals surface area contributed by atoms with Gasteiger partial charge in [0.2, 0.25) is 0 Å². The van der Waals surface area contributed by atoms with Gasteiger partial charge in [0.25, 0.3) is 0 Å². The third kappa shape index (κ3) is 2.55. The van der Waals surface area contributed by atoms with Crippen molar-refractivity contribution in [1.82, 2.24) is 9.78 Å². The molecule has 17 heavy (non-hydrogen) atoms. The van der Waals surface area contributed by atoms with E-state index in [9.17, 15) is 8.42 Å². The molecular formula is C12H14N2O2S. The molecule has 0 unspecified atom stereocenters. The lowest BCUT2D eigenvalue weighted by Crippen LogP contribution is -1.99. The van der Waals surface area contributed by atoms with E-state index in [0.717, 1.165) is 17.8 Å². The highest BCUT2D eigenvalue weighted by molar-refractivity contribution is 7.90. The van der Waals surface area contributed by atoms with E-state index >= 15 is 0 Å². The second-order valence-corrected chi connectivity index (χ2v) is 5.89. The highest BCUT2D eigenvalue weighted by atomic mass is 32.2. The van der Waals surface area contributed by atoms with Gasteiger partial charge in [0, 0.05) is 12.5 Å². The number of rotatable bonds is 3. The summed E-state index contributed by atoms with van der Waals surface area (Å²) < 4.78 is 24.4. The maximum Gasteiger partial charge on any atom is 0.175 e. The molecule has 0 atom stereocenters. The van der Waals surface area contributed by atoms with Crippen molar-refractivity contribution in [3.63, 3.8) is 0 Å². The Morgan fingerprint density at radius 1 is 1.18 bits per heavy atom. The zero-order valence-corrected chi connectivity index (χ0v) is 10.6. The minimum atomic E-state index is -3.13. The van der Waals surface area contributed by atoms with Gasteiger partial charge in [-0.25, -0.2) is 13.1 Å². The summed E-state index contributed by atoms with van der Waals surface area (Å²) in [5.74, 6) is 0. The first-order chi connectivity index (χ1) is 8.00. The minimum absolute atomic E-state index is 0.323. The van der Waals surface area contributed by atoms with Crippen molar-refractivity contribution in [2.75, 3.05) is 6.26 Å². The van der Waals surface area contributed by atoms with Crippen LogP contribution in [0, 0.1) is 0 Å². The van der Waals surface area contributed by atoms with E-state index in [-0.39, 0.29) is 0 Å². The van der Waals surface area contributed by atoms with Gasteiger partial charge in [0.1, 0.15) is 0 Å². The maximum atomic E-state index is 11.3. The molecule has 2 rings (SSSR count). The SMILES string of the molecule is CCc1ccn(-c2ccc(S(C)(=O)=O)cc2)n1. The Labute approximate surface area is 101 Å². The summed E-state index contributed by atoms with van der Waals surface area (Å²) >= 11 is 0. The second-order valence-electron chi connectivity index (χ2n) is 3.87. The number of aromatic nitrogens is 2. The predicted molar refractivity (Wildman–Crippen MR) is 66.1 cm³/mol. The molecule has 90 valence electrons. The average molecular weight is 250 g/mol. The minimum Gasteiger partial charge on any atom is -0.241 e. The molecule has 0 saturated carbocycles. The summed E-state index contributed by atoms with van der Waals surface area (Å²) in [4.78, 5) is 0.323. The number of benzene rings is 1. The van der Waals surface area contributed by atoms with Crippen LogP contribution in [0.25, 0.3) is 5.69 Å². The number of nitrogens with zero attached hydrogens (tertiary/aromatic N) is 2. The van der Waals surface area contributed by atoms with E-state index in [4.69, 9.17) is 0 Å². The van der Waals surface area contributed by atoms with Gasteiger partial charge in [-0.2, -0.15) is 5.10 Å². The number of hydrogen-bond donors (Lipinski definition) is 0. The van der Waals surface area contributed by atoms with Crippen LogP contribution in [0.2, 0.25) is 0 Å². The molecule has 0 amide bonds. The maximum absolute atomic E-state index is 11.3. The van der Waals surface area contributed by atoms with Crippen molar-refractivity contribution >= 4 is 9.84 Å². The van der Waals surface area contributed by atoms with Gasteiger partial charge in [-0.05, 0) is 36.8 Å². The van der Waals surface area contributed by atoms with Crippen LogP contribution < -0.4 is 0 Å². The van der Waals surface area contributed by atoms with Crippen LogP contribution in [0.5, 0.6) is 0 Å². The van der Waals surface area contributed by atoms with Crippen molar-refractivity contribution in [2.24, 2.45) is 0 Å². The molecule has 1 aromatic heterocycles. The highest BCUT2D eigenvalue weighted by Gasteiger charge is 2.07. The quantitative estimate of drug-likeness (QED) is 0.835. The van der Waals surface area contributed by atoms with Gasteiger partial charge >= 0.3 is 0 Å². The molecule has 0 saturated heterocycles. The Balaban J connectivity index is 2.35. The van der Waals surface area contributed by atoms with Gasteiger partial charge in [-0.3, -0.25) is 0 Å². The summed E-state index contributed by atoms with van der Waals surface area (Å²) in [5, 5.41) is 4.36. The molecule has 0 radical (unpaired) electrons. The first kappa shape index (κ1) is 11.9. The third-order valence-electron chi connectivity index (χ3n) is 2.54. The summed E-state index contributed by atoms with van der Waals surface area (Å²) in [5.41, 5.74) is 1.87. The molecule has 0 aliphatic heterocycles. The second kappa shape index (κ2) is 4.33. The van der Waals surface area contributed by atoms with E-state index in [0.29, 0.717) is 4.90 Å². The number of hydrogen-bond acceptors (Lipinski definition) is 3. The molecule has 0 aliphatic rings. The van der Waals surface area contributed by atoms with Crippen LogP contribution >= 0.6 is 0 Å². The van der Waals surface area contributed by atoms with E-state index in [2.05, 4.69) is 5.10 Å². The summed E-state index contributed by atoms with van der Waals surface area (Å²) in [7, 11) is -3.13. The van der Waals surface area contributed by atoms with Crippen molar-refractivity contribution < 1.29 is 8.42 Å². The van der Waals surface area contributed by atoms with Crippen LogP contribution in [-0.4, -0.2) is 24.5 Å². The third-order valence-corrected chi connectivity index (χ3v) is 3.66. The van der Waals surface area contributed by atoms with E-state index in [1.54, 1.807) is 28.9 Å². The summed E-state index contributed by atoms with van der Waals surface area (Å²) in [6.07, 6.45) is 3.95. The van der Waals surface area contributed by atoms with Crippen LogP contribution in [0.1, 0.15) is 12.6 Å². The van der Waals surface area contributed by atoms with Crippen molar-refractivity contribution in [3.05, 3.63) is 42.2 Å². The van der Waals surface area contributed by atoms with Gasteiger partial charge < -0.3 is 0 Å². The van der Waals surface area contributed by atoms with Gasteiger partial charge in [0.05, 0.1) is 16.3 Å². The van der Waals surface area contributed by atoms with Crippen LogP contribution in [-0.2, 0) is 16.3 Å². The molecule has 0 aliphatic carbocycles. The molecule has 5 heteroatoms. The normalized spacial score (nSPS) is 11.6. The first-order valence-electron chi connectivity index (χ1n) is 5.36. The van der Waals surface area contributed by atoms with Crippen molar-refractivity contribution in [3.8, 4) is 5.69 Å². The summed E-state index contributed by atoms with van der Waals surface area (Å²) in [6, 6.07) is 8.64. The van der Waals surface area contributed by atoms with Crippen molar-refractivity contribution in [2.45, 2.75) is 18.2 Å². The van der Waals surface area contributed by atoms with Crippen LogP contribution in [0.15, 0.2) is 41.4 Å². The van der Waals surface area contributed by atoms with Crippen molar-refractivity contribution in [1.29, 1.82) is 0 Å². The Kier molecular flexibility index (Phi) is 3.02. The Hall–Kier alpha value is -1.62. The van der Waals surface area contributed by atoms with E-state index < -0.39 is 9.84 Å². The lowest BCUT2D eigenvalue weighted by molar-refractivity contribution is 0.602. The molecule has 0 fully saturated rings. The van der Waals surface area contributed by atoms with E-state index in [1.165, 1.54) is 6.26 Å². The fraction of sp³-hybridized carbons (Fsp3) is 0.250. The van der Waals surface area contributed by atoms with Gasteiger partial charge in [-0.15, -0.1) is 0 Å². The smallest absolute Gasteiger partial charge is 0.175 e.